The van der Waals surface area contributed by atoms with Gasteiger partial charge in [0.1, 0.15) is 0 Å². The van der Waals surface area contributed by atoms with Crippen LogP contribution in [0, 0.1) is 18.3 Å². The van der Waals surface area contributed by atoms with Gasteiger partial charge in [-0.1, -0.05) is 43.7 Å². The van der Waals surface area contributed by atoms with E-state index in [9.17, 15) is 4.79 Å². The summed E-state index contributed by atoms with van der Waals surface area (Å²) in [6.45, 7) is 7.22. The smallest absolute Gasteiger partial charge is 0.223 e. The minimum atomic E-state index is 0.237. The Morgan fingerprint density at radius 3 is 2.78 bits per heavy atom. The Balaban J connectivity index is 1.66. The van der Waals surface area contributed by atoms with Crippen LogP contribution in [0.5, 0.6) is 0 Å². The van der Waals surface area contributed by atoms with E-state index >= 15 is 0 Å². The summed E-state index contributed by atoms with van der Waals surface area (Å²) < 4.78 is 0. The summed E-state index contributed by atoms with van der Waals surface area (Å²) in [6, 6.07) is 8.57. The van der Waals surface area contributed by atoms with Crippen LogP contribution in [0.15, 0.2) is 24.3 Å². The summed E-state index contributed by atoms with van der Waals surface area (Å²) in [5, 5.41) is 3.05. The van der Waals surface area contributed by atoms with Crippen molar-refractivity contribution in [3.8, 4) is 0 Å². The third kappa shape index (κ3) is 3.34. The first-order valence-corrected chi connectivity index (χ1v) is 6.82. The van der Waals surface area contributed by atoms with Gasteiger partial charge in [0.05, 0.1) is 0 Å². The molecule has 1 aromatic carbocycles. The average molecular weight is 245 g/mol. The standard InChI is InChI=1S/C16H23NO/c1-12-6-4-7-13(10-12)8-5-9-17-15(18)14-11-16(14,2)3/h4,6-7,10,14H,5,8-9,11H2,1-3H3,(H,17,18). The average Bonchev–Trinajstić information content (AvgIpc) is 2.94. The van der Waals surface area contributed by atoms with E-state index < -0.39 is 0 Å². The number of nitrogens with one attached hydrogen (secondary N) is 1. The molecule has 1 aliphatic carbocycles. The number of benzene rings is 1. The zero-order chi connectivity index (χ0) is 13.2. The van der Waals surface area contributed by atoms with Crippen molar-refractivity contribution in [2.45, 2.75) is 40.0 Å². The molecule has 1 aliphatic rings. The van der Waals surface area contributed by atoms with Gasteiger partial charge < -0.3 is 5.32 Å². The summed E-state index contributed by atoms with van der Waals surface area (Å²) >= 11 is 0. The molecule has 1 unspecified atom stereocenters. The van der Waals surface area contributed by atoms with Crippen molar-refractivity contribution in [3.05, 3.63) is 35.4 Å². The first-order valence-electron chi connectivity index (χ1n) is 6.82. The molecule has 0 spiro atoms. The van der Waals surface area contributed by atoms with Crippen LogP contribution in [0.2, 0.25) is 0 Å². The van der Waals surface area contributed by atoms with Gasteiger partial charge in [0, 0.05) is 12.5 Å². The summed E-state index contributed by atoms with van der Waals surface area (Å²) in [5.41, 5.74) is 2.90. The van der Waals surface area contributed by atoms with Crippen molar-refractivity contribution < 1.29 is 4.79 Å². The molecule has 18 heavy (non-hydrogen) atoms. The summed E-state index contributed by atoms with van der Waals surface area (Å²) in [4.78, 5) is 11.8. The van der Waals surface area contributed by atoms with Gasteiger partial charge in [-0.2, -0.15) is 0 Å². The number of rotatable bonds is 5. The molecular formula is C16H23NO. The SMILES string of the molecule is Cc1cccc(CCCNC(=O)C2CC2(C)C)c1. The van der Waals surface area contributed by atoms with Crippen molar-refractivity contribution in [1.29, 1.82) is 0 Å². The van der Waals surface area contributed by atoms with Gasteiger partial charge in [0.2, 0.25) is 5.91 Å². The molecule has 1 fully saturated rings. The molecule has 2 rings (SSSR count). The lowest BCUT2D eigenvalue weighted by Crippen LogP contribution is -2.27. The normalized spacial score (nSPS) is 20.5. The van der Waals surface area contributed by atoms with Gasteiger partial charge >= 0.3 is 0 Å². The Labute approximate surface area is 110 Å². The van der Waals surface area contributed by atoms with E-state index in [1.165, 1.54) is 11.1 Å². The highest BCUT2D eigenvalue weighted by atomic mass is 16.2. The molecule has 1 N–H and O–H groups in total. The van der Waals surface area contributed by atoms with E-state index in [1.807, 2.05) is 0 Å². The zero-order valence-corrected chi connectivity index (χ0v) is 11.6. The second-order valence-electron chi connectivity index (χ2n) is 6.13. The topological polar surface area (TPSA) is 29.1 Å². The Kier molecular flexibility index (Phi) is 3.74. The fourth-order valence-electron chi connectivity index (χ4n) is 2.41. The maximum Gasteiger partial charge on any atom is 0.223 e. The number of aryl methyl sites for hydroxylation is 2. The minimum Gasteiger partial charge on any atom is -0.356 e. The predicted molar refractivity (Wildman–Crippen MR) is 74.4 cm³/mol. The lowest BCUT2D eigenvalue weighted by Gasteiger charge is -2.07. The van der Waals surface area contributed by atoms with Crippen LogP contribution in [0.4, 0.5) is 0 Å². The number of hydrogen-bond acceptors (Lipinski definition) is 1. The molecule has 1 atom stereocenters. The third-order valence-electron chi connectivity index (χ3n) is 3.85. The molecule has 0 aliphatic heterocycles. The Hall–Kier alpha value is -1.31. The molecule has 1 amide bonds. The van der Waals surface area contributed by atoms with Crippen LogP contribution in [-0.2, 0) is 11.2 Å². The third-order valence-corrected chi connectivity index (χ3v) is 3.85. The van der Waals surface area contributed by atoms with Crippen molar-refractivity contribution in [3.63, 3.8) is 0 Å². The van der Waals surface area contributed by atoms with E-state index in [1.54, 1.807) is 0 Å². The van der Waals surface area contributed by atoms with Crippen LogP contribution in [0.1, 0.15) is 37.8 Å². The zero-order valence-electron chi connectivity index (χ0n) is 11.6. The highest BCUT2D eigenvalue weighted by Gasteiger charge is 2.50. The molecule has 2 nitrogen and oxygen atoms in total. The first-order chi connectivity index (χ1) is 8.49. The maximum absolute atomic E-state index is 11.8. The van der Waals surface area contributed by atoms with Crippen molar-refractivity contribution in [1.82, 2.24) is 5.32 Å². The Morgan fingerprint density at radius 2 is 2.17 bits per heavy atom. The molecule has 0 radical (unpaired) electrons. The van der Waals surface area contributed by atoms with Crippen LogP contribution in [0.3, 0.4) is 0 Å². The van der Waals surface area contributed by atoms with Gasteiger partial charge in [-0.05, 0) is 37.2 Å². The summed E-state index contributed by atoms with van der Waals surface area (Å²) in [6.07, 6.45) is 3.09. The van der Waals surface area contributed by atoms with Crippen molar-refractivity contribution in [2.24, 2.45) is 11.3 Å². The molecule has 98 valence electrons. The largest absolute Gasteiger partial charge is 0.356 e. The number of carbonyl (C=O) groups is 1. The van der Waals surface area contributed by atoms with Crippen LogP contribution in [0.25, 0.3) is 0 Å². The highest BCUT2D eigenvalue weighted by Crippen LogP contribution is 2.51. The Bertz CT molecular complexity index is 436. The summed E-state index contributed by atoms with van der Waals surface area (Å²) in [5.74, 6) is 0.487. The molecule has 0 saturated heterocycles. The monoisotopic (exact) mass is 245 g/mol. The maximum atomic E-state index is 11.8. The quantitative estimate of drug-likeness (QED) is 0.794. The number of amides is 1. The van der Waals surface area contributed by atoms with E-state index in [0.29, 0.717) is 0 Å². The van der Waals surface area contributed by atoms with E-state index in [4.69, 9.17) is 0 Å². The van der Waals surface area contributed by atoms with Crippen molar-refractivity contribution >= 4 is 5.91 Å². The van der Waals surface area contributed by atoms with Gasteiger partial charge in [0.15, 0.2) is 0 Å². The van der Waals surface area contributed by atoms with Crippen LogP contribution < -0.4 is 5.32 Å². The number of hydrogen-bond donors (Lipinski definition) is 1. The molecule has 0 bridgehead atoms. The second-order valence-corrected chi connectivity index (χ2v) is 6.13. The lowest BCUT2D eigenvalue weighted by atomic mass is 10.1. The molecular weight excluding hydrogens is 222 g/mol. The second kappa shape index (κ2) is 5.13. The molecule has 0 heterocycles. The fraction of sp³-hybridized carbons (Fsp3) is 0.562. The minimum absolute atomic E-state index is 0.237. The lowest BCUT2D eigenvalue weighted by molar-refractivity contribution is -0.122. The van der Waals surface area contributed by atoms with E-state index in [0.717, 1.165) is 25.8 Å². The summed E-state index contributed by atoms with van der Waals surface area (Å²) in [7, 11) is 0. The molecule has 0 aromatic heterocycles. The van der Waals surface area contributed by atoms with E-state index in [2.05, 4.69) is 50.4 Å². The fourth-order valence-corrected chi connectivity index (χ4v) is 2.41. The van der Waals surface area contributed by atoms with Gasteiger partial charge in [-0.25, -0.2) is 0 Å². The van der Waals surface area contributed by atoms with Crippen LogP contribution in [-0.4, -0.2) is 12.5 Å². The highest BCUT2D eigenvalue weighted by molar-refractivity contribution is 5.82. The Morgan fingerprint density at radius 1 is 1.44 bits per heavy atom. The molecule has 1 aromatic rings. The van der Waals surface area contributed by atoms with Gasteiger partial charge in [-0.15, -0.1) is 0 Å². The number of carbonyl (C=O) groups excluding carboxylic acids is 1. The van der Waals surface area contributed by atoms with Gasteiger partial charge in [0.25, 0.3) is 0 Å². The van der Waals surface area contributed by atoms with Crippen LogP contribution >= 0.6 is 0 Å². The molecule has 1 saturated carbocycles. The van der Waals surface area contributed by atoms with E-state index in [-0.39, 0.29) is 17.2 Å². The first kappa shape index (κ1) is 13.1. The molecule has 2 heteroatoms. The van der Waals surface area contributed by atoms with Crippen molar-refractivity contribution in [2.75, 3.05) is 6.54 Å². The predicted octanol–water partition coefficient (Wildman–Crippen LogP) is 3.09. The van der Waals surface area contributed by atoms with Gasteiger partial charge in [-0.3, -0.25) is 4.79 Å².